The van der Waals surface area contributed by atoms with Crippen molar-refractivity contribution >= 4 is 5.95 Å². The highest BCUT2D eigenvalue weighted by molar-refractivity contribution is 5.66. The Hall–Kier alpha value is -2.01. The van der Waals surface area contributed by atoms with E-state index < -0.39 is 0 Å². The summed E-state index contributed by atoms with van der Waals surface area (Å²) in [5.74, 6) is 0.419. The summed E-state index contributed by atoms with van der Waals surface area (Å²) in [6.07, 6.45) is 2.76. The molecule has 1 aromatic carbocycles. The topological polar surface area (TPSA) is 47.0 Å². The second-order valence-electron chi connectivity index (χ2n) is 5.36. The zero-order valence-corrected chi connectivity index (χ0v) is 12.2. The molecule has 2 aromatic rings. The molecule has 3 rings (SSSR count). The van der Waals surface area contributed by atoms with Crippen molar-refractivity contribution in [2.75, 3.05) is 18.5 Å². The van der Waals surface area contributed by atoms with E-state index in [9.17, 15) is 4.39 Å². The maximum absolute atomic E-state index is 13.4. The fourth-order valence-corrected chi connectivity index (χ4v) is 2.46. The normalized spacial score (nSPS) is 18.0. The van der Waals surface area contributed by atoms with Crippen molar-refractivity contribution < 1.29 is 9.13 Å². The molecule has 0 radical (unpaired) electrons. The molecule has 0 saturated carbocycles. The monoisotopic (exact) mass is 287 g/mol. The number of nitrogens with zero attached hydrogens (tertiary/aromatic N) is 2. The molecule has 0 aliphatic carbocycles. The van der Waals surface area contributed by atoms with Gasteiger partial charge in [-0.2, -0.15) is 0 Å². The molecule has 1 aromatic heterocycles. The minimum atomic E-state index is -0.197. The van der Waals surface area contributed by atoms with Crippen LogP contribution in [0.1, 0.15) is 17.7 Å². The number of ether oxygens (including phenoxy) is 1. The van der Waals surface area contributed by atoms with Gasteiger partial charge in [-0.25, -0.2) is 14.4 Å². The molecule has 2 heterocycles. The van der Waals surface area contributed by atoms with Gasteiger partial charge in [-0.15, -0.1) is 0 Å². The highest BCUT2D eigenvalue weighted by Crippen LogP contribution is 2.24. The Morgan fingerprint density at radius 1 is 1.33 bits per heavy atom. The third-order valence-corrected chi connectivity index (χ3v) is 3.71. The van der Waals surface area contributed by atoms with Crippen LogP contribution in [0.25, 0.3) is 11.1 Å². The van der Waals surface area contributed by atoms with Gasteiger partial charge in [0.25, 0.3) is 0 Å². The molecule has 1 aliphatic rings. The van der Waals surface area contributed by atoms with E-state index in [0.29, 0.717) is 18.1 Å². The number of aryl methyl sites for hydroxylation is 2. The molecule has 0 spiro atoms. The lowest BCUT2D eigenvalue weighted by Gasteiger charge is -2.12. The second-order valence-corrected chi connectivity index (χ2v) is 5.36. The summed E-state index contributed by atoms with van der Waals surface area (Å²) in [4.78, 5) is 8.85. The van der Waals surface area contributed by atoms with Crippen LogP contribution in [-0.4, -0.2) is 29.2 Å². The predicted molar refractivity (Wildman–Crippen MR) is 79.7 cm³/mol. The van der Waals surface area contributed by atoms with Crippen molar-refractivity contribution in [3.63, 3.8) is 0 Å². The first-order chi connectivity index (χ1) is 10.1. The van der Waals surface area contributed by atoms with Crippen LogP contribution in [0.4, 0.5) is 10.3 Å². The molecule has 1 aliphatic heterocycles. The maximum atomic E-state index is 13.4. The number of halogens is 1. The molecule has 21 heavy (non-hydrogen) atoms. The predicted octanol–water partition coefficient (Wildman–Crippen LogP) is 3.10. The number of rotatable bonds is 3. The van der Waals surface area contributed by atoms with Crippen molar-refractivity contribution in [3.05, 3.63) is 41.5 Å². The fraction of sp³-hybridized carbons (Fsp3) is 0.375. The van der Waals surface area contributed by atoms with Crippen molar-refractivity contribution in [2.45, 2.75) is 26.3 Å². The van der Waals surface area contributed by atoms with E-state index in [2.05, 4.69) is 15.3 Å². The van der Waals surface area contributed by atoms with Crippen LogP contribution in [0.15, 0.2) is 24.4 Å². The number of hydrogen-bond acceptors (Lipinski definition) is 4. The van der Waals surface area contributed by atoms with E-state index >= 15 is 0 Å². The molecular formula is C16H18FN3O. The molecule has 1 unspecified atom stereocenters. The number of aromatic nitrogens is 2. The SMILES string of the molecule is Cc1cc(-c2cnc(NC3CCOC3)nc2C)ccc1F. The summed E-state index contributed by atoms with van der Waals surface area (Å²) < 4.78 is 18.7. The average molecular weight is 287 g/mol. The second kappa shape index (κ2) is 5.77. The summed E-state index contributed by atoms with van der Waals surface area (Å²) in [6.45, 7) is 5.17. The Balaban J connectivity index is 1.84. The number of nitrogens with one attached hydrogen (secondary N) is 1. The summed E-state index contributed by atoms with van der Waals surface area (Å²) >= 11 is 0. The minimum absolute atomic E-state index is 0.197. The zero-order valence-electron chi connectivity index (χ0n) is 12.2. The summed E-state index contributed by atoms with van der Waals surface area (Å²) in [7, 11) is 0. The smallest absolute Gasteiger partial charge is 0.223 e. The van der Waals surface area contributed by atoms with Crippen molar-refractivity contribution in [1.29, 1.82) is 0 Å². The van der Waals surface area contributed by atoms with Crippen molar-refractivity contribution in [2.24, 2.45) is 0 Å². The lowest BCUT2D eigenvalue weighted by molar-refractivity contribution is 0.195. The molecule has 5 heteroatoms. The Morgan fingerprint density at radius 2 is 2.19 bits per heavy atom. The zero-order chi connectivity index (χ0) is 14.8. The van der Waals surface area contributed by atoms with E-state index in [1.807, 2.05) is 13.0 Å². The van der Waals surface area contributed by atoms with Crippen molar-refractivity contribution in [3.8, 4) is 11.1 Å². The standard InChI is InChI=1S/C16H18FN3O/c1-10-7-12(3-4-15(10)17)14-8-18-16(19-11(14)2)20-13-5-6-21-9-13/h3-4,7-8,13H,5-6,9H2,1-2H3,(H,18,19,20). The minimum Gasteiger partial charge on any atom is -0.379 e. The first kappa shape index (κ1) is 13.9. The van der Waals surface area contributed by atoms with Crippen LogP contribution in [0, 0.1) is 19.7 Å². The molecule has 0 bridgehead atoms. The van der Waals surface area contributed by atoms with E-state index in [-0.39, 0.29) is 11.9 Å². The Bertz CT molecular complexity index is 654. The molecule has 1 N–H and O–H groups in total. The Labute approximate surface area is 123 Å². The lowest BCUT2D eigenvalue weighted by Crippen LogP contribution is -2.20. The molecule has 1 atom stereocenters. The van der Waals surface area contributed by atoms with Crippen LogP contribution in [0.3, 0.4) is 0 Å². The van der Waals surface area contributed by atoms with Crippen molar-refractivity contribution in [1.82, 2.24) is 9.97 Å². The molecule has 4 nitrogen and oxygen atoms in total. The van der Waals surface area contributed by atoms with Gasteiger partial charge in [0.05, 0.1) is 18.3 Å². The third-order valence-electron chi connectivity index (χ3n) is 3.71. The summed E-state index contributed by atoms with van der Waals surface area (Å²) in [5, 5.41) is 3.27. The number of anilines is 1. The van der Waals surface area contributed by atoms with Gasteiger partial charge < -0.3 is 10.1 Å². The quantitative estimate of drug-likeness (QED) is 0.942. The highest BCUT2D eigenvalue weighted by Gasteiger charge is 2.16. The van der Waals surface area contributed by atoms with Gasteiger partial charge in [-0.1, -0.05) is 6.07 Å². The maximum Gasteiger partial charge on any atom is 0.223 e. The first-order valence-corrected chi connectivity index (χ1v) is 7.08. The number of benzene rings is 1. The van der Waals surface area contributed by atoms with Crippen LogP contribution >= 0.6 is 0 Å². The summed E-state index contributed by atoms with van der Waals surface area (Å²) in [6, 6.07) is 5.33. The van der Waals surface area contributed by atoms with Crippen LogP contribution in [0.5, 0.6) is 0 Å². The van der Waals surface area contributed by atoms with Gasteiger partial charge in [0.2, 0.25) is 5.95 Å². The van der Waals surface area contributed by atoms with E-state index in [1.165, 1.54) is 6.07 Å². The Morgan fingerprint density at radius 3 is 2.86 bits per heavy atom. The first-order valence-electron chi connectivity index (χ1n) is 7.08. The van der Waals surface area contributed by atoms with Gasteiger partial charge in [-0.3, -0.25) is 0 Å². The molecule has 1 fully saturated rings. The van der Waals surface area contributed by atoms with Gasteiger partial charge in [0, 0.05) is 18.4 Å². The average Bonchev–Trinajstić information content (AvgIpc) is 2.95. The third kappa shape index (κ3) is 3.03. The Kier molecular flexibility index (Phi) is 3.84. The van der Waals surface area contributed by atoms with Gasteiger partial charge in [0.1, 0.15) is 5.82 Å². The number of hydrogen-bond donors (Lipinski definition) is 1. The molecule has 0 amide bonds. The van der Waals surface area contributed by atoms with E-state index in [1.54, 1.807) is 19.2 Å². The van der Waals surface area contributed by atoms with Gasteiger partial charge in [-0.05, 0) is 43.5 Å². The molecule has 110 valence electrons. The molecule has 1 saturated heterocycles. The van der Waals surface area contributed by atoms with Gasteiger partial charge >= 0.3 is 0 Å². The van der Waals surface area contributed by atoms with E-state index in [0.717, 1.165) is 29.8 Å². The summed E-state index contributed by atoms with van der Waals surface area (Å²) in [5.41, 5.74) is 3.35. The van der Waals surface area contributed by atoms with Crippen LogP contribution < -0.4 is 5.32 Å². The van der Waals surface area contributed by atoms with Crippen LogP contribution in [-0.2, 0) is 4.74 Å². The van der Waals surface area contributed by atoms with E-state index in [4.69, 9.17) is 4.74 Å². The van der Waals surface area contributed by atoms with Crippen LogP contribution in [0.2, 0.25) is 0 Å². The fourth-order valence-electron chi connectivity index (χ4n) is 2.46. The van der Waals surface area contributed by atoms with Gasteiger partial charge in [0.15, 0.2) is 0 Å². The molecular weight excluding hydrogens is 269 g/mol. The lowest BCUT2D eigenvalue weighted by atomic mass is 10.0. The highest BCUT2D eigenvalue weighted by atomic mass is 19.1. The largest absolute Gasteiger partial charge is 0.379 e.